The van der Waals surface area contributed by atoms with Crippen LogP contribution in [0.1, 0.15) is 12.5 Å². The van der Waals surface area contributed by atoms with Crippen molar-refractivity contribution in [2.75, 3.05) is 25.0 Å². The average Bonchev–Trinajstić information content (AvgIpc) is 2.33. The maximum Gasteiger partial charge on any atom is 0.0585 e. The predicted octanol–water partition coefficient (Wildman–Crippen LogP) is 4.09. The molecule has 0 saturated heterocycles. The van der Waals surface area contributed by atoms with Crippen LogP contribution in [0, 0.1) is 0 Å². The highest BCUT2D eigenvalue weighted by Crippen LogP contribution is 2.29. The van der Waals surface area contributed by atoms with Crippen molar-refractivity contribution in [3.05, 3.63) is 34.9 Å². The Hall–Kier alpha value is 0.0500. The van der Waals surface area contributed by atoms with Crippen molar-refractivity contribution in [2.24, 2.45) is 0 Å². The summed E-state index contributed by atoms with van der Waals surface area (Å²) in [4.78, 5) is 0. The van der Waals surface area contributed by atoms with E-state index in [4.69, 9.17) is 39.5 Å². The maximum absolute atomic E-state index is 6.04. The molecule has 0 aliphatic heterocycles. The summed E-state index contributed by atoms with van der Waals surface area (Å²) in [5.41, 5.74) is 0.735. The van der Waals surface area contributed by atoms with Gasteiger partial charge in [0, 0.05) is 28.8 Å². The van der Waals surface area contributed by atoms with Gasteiger partial charge in [0.05, 0.1) is 6.61 Å². The highest BCUT2D eigenvalue weighted by molar-refractivity contribution is 6.30. The molecule has 0 heterocycles. The van der Waals surface area contributed by atoms with Crippen LogP contribution in [0.25, 0.3) is 0 Å². The van der Waals surface area contributed by atoms with Gasteiger partial charge >= 0.3 is 0 Å². The summed E-state index contributed by atoms with van der Waals surface area (Å²) in [5.74, 6) is 0.857. The van der Waals surface area contributed by atoms with Crippen molar-refractivity contribution >= 4 is 34.8 Å². The predicted molar refractivity (Wildman–Crippen MR) is 71.1 cm³/mol. The van der Waals surface area contributed by atoms with E-state index in [0.717, 1.165) is 5.56 Å². The minimum absolute atomic E-state index is 0.330. The Bertz CT molecular complexity index is 307. The van der Waals surface area contributed by atoms with Gasteiger partial charge in [-0.2, -0.15) is 0 Å². The molecule has 1 nitrogen and oxygen atoms in total. The third-order valence-corrected chi connectivity index (χ3v) is 3.83. The van der Waals surface area contributed by atoms with Crippen molar-refractivity contribution in [2.45, 2.75) is 12.3 Å². The molecule has 0 radical (unpaired) electrons. The topological polar surface area (TPSA) is 9.23 Å². The zero-order valence-electron chi connectivity index (χ0n) is 9.18. The van der Waals surface area contributed by atoms with E-state index >= 15 is 0 Å². The zero-order chi connectivity index (χ0) is 12.0. The second-order valence-electron chi connectivity index (χ2n) is 3.69. The van der Waals surface area contributed by atoms with Gasteiger partial charge in [0.15, 0.2) is 0 Å². The molecule has 16 heavy (non-hydrogen) atoms. The second kappa shape index (κ2) is 6.70. The van der Waals surface area contributed by atoms with Crippen molar-refractivity contribution in [3.8, 4) is 0 Å². The molecule has 0 aliphatic rings. The Morgan fingerprint density at radius 1 is 1.12 bits per heavy atom. The van der Waals surface area contributed by atoms with E-state index in [9.17, 15) is 0 Å². The molecule has 4 heteroatoms. The van der Waals surface area contributed by atoms with Gasteiger partial charge in [0.25, 0.3) is 0 Å². The van der Waals surface area contributed by atoms with Crippen molar-refractivity contribution in [1.82, 2.24) is 0 Å². The fraction of sp³-hybridized carbons (Fsp3) is 0.500. The number of hydrogen-bond acceptors (Lipinski definition) is 1. The summed E-state index contributed by atoms with van der Waals surface area (Å²) < 4.78 is 5.46. The maximum atomic E-state index is 6.04. The Morgan fingerprint density at radius 3 is 2.12 bits per heavy atom. The first-order valence-electron chi connectivity index (χ1n) is 5.14. The van der Waals surface area contributed by atoms with Crippen molar-refractivity contribution < 1.29 is 4.74 Å². The van der Waals surface area contributed by atoms with Crippen molar-refractivity contribution in [1.29, 1.82) is 0 Å². The van der Waals surface area contributed by atoms with Crippen LogP contribution in [0.5, 0.6) is 0 Å². The summed E-state index contributed by atoms with van der Waals surface area (Å²) in [6.45, 7) is 3.14. The molecule has 90 valence electrons. The third-order valence-electron chi connectivity index (χ3n) is 2.55. The molecule has 0 aliphatic carbocycles. The summed E-state index contributed by atoms with van der Waals surface area (Å²) >= 11 is 17.9. The number of halogens is 3. The van der Waals surface area contributed by atoms with E-state index in [0.29, 0.717) is 30.0 Å². The molecule has 1 aromatic carbocycles. The van der Waals surface area contributed by atoms with Gasteiger partial charge in [-0.25, -0.2) is 0 Å². The highest BCUT2D eigenvalue weighted by atomic mass is 35.5. The van der Waals surface area contributed by atoms with E-state index < -0.39 is 0 Å². The first-order chi connectivity index (χ1) is 7.68. The van der Waals surface area contributed by atoms with Crippen LogP contribution in [0.4, 0.5) is 0 Å². The van der Waals surface area contributed by atoms with Crippen LogP contribution in [-0.4, -0.2) is 25.0 Å². The van der Waals surface area contributed by atoms with Crippen LogP contribution in [-0.2, 0) is 10.2 Å². The van der Waals surface area contributed by atoms with E-state index in [1.54, 1.807) is 0 Å². The normalized spacial score (nSPS) is 11.8. The van der Waals surface area contributed by atoms with Gasteiger partial charge in [-0.1, -0.05) is 23.7 Å². The fourth-order valence-corrected chi connectivity index (χ4v) is 2.33. The number of rotatable bonds is 6. The van der Waals surface area contributed by atoms with E-state index in [-0.39, 0.29) is 5.41 Å². The third kappa shape index (κ3) is 3.27. The monoisotopic (exact) mass is 280 g/mol. The number of benzene rings is 1. The SMILES string of the molecule is CCOCC(CCl)(CCl)c1ccc(Cl)cc1. The van der Waals surface area contributed by atoms with E-state index in [1.807, 2.05) is 31.2 Å². The van der Waals surface area contributed by atoms with Gasteiger partial charge in [-0.3, -0.25) is 0 Å². The number of alkyl halides is 2. The van der Waals surface area contributed by atoms with Crippen LogP contribution in [0.15, 0.2) is 24.3 Å². The molecular formula is C12H15Cl3O. The molecule has 0 unspecified atom stereocenters. The highest BCUT2D eigenvalue weighted by Gasteiger charge is 2.30. The summed E-state index contributed by atoms with van der Waals surface area (Å²) in [5, 5.41) is 0.707. The lowest BCUT2D eigenvalue weighted by Crippen LogP contribution is -2.36. The smallest absolute Gasteiger partial charge is 0.0585 e. The Labute approximate surface area is 112 Å². The van der Waals surface area contributed by atoms with Gasteiger partial charge in [-0.05, 0) is 24.6 Å². The van der Waals surface area contributed by atoms with E-state index in [2.05, 4.69) is 0 Å². The Morgan fingerprint density at radius 2 is 1.69 bits per heavy atom. The molecule has 0 aromatic heterocycles. The van der Waals surface area contributed by atoms with Crippen molar-refractivity contribution in [3.63, 3.8) is 0 Å². The molecule has 1 rings (SSSR count). The zero-order valence-corrected chi connectivity index (χ0v) is 11.4. The summed E-state index contributed by atoms with van der Waals surface area (Å²) in [6, 6.07) is 7.59. The van der Waals surface area contributed by atoms with Gasteiger partial charge in [0.2, 0.25) is 0 Å². The summed E-state index contributed by atoms with van der Waals surface area (Å²) in [6.07, 6.45) is 0. The van der Waals surface area contributed by atoms with E-state index in [1.165, 1.54) is 0 Å². The molecule has 0 amide bonds. The Kier molecular flexibility index (Phi) is 5.91. The lowest BCUT2D eigenvalue weighted by molar-refractivity contribution is 0.108. The molecule has 0 atom stereocenters. The number of hydrogen-bond donors (Lipinski definition) is 0. The number of ether oxygens (including phenoxy) is 1. The lowest BCUT2D eigenvalue weighted by Gasteiger charge is -2.29. The molecule has 1 aromatic rings. The van der Waals surface area contributed by atoms with Crippen LogP contribution in [0.2, 0.25) is 5.02 Å². The minimum Gasteiger partial charge on any atom is -0.381 e. The van der Waals surface area contributed by atoms with Gasteiger partial charge < -0.3 is 4.74 Å². The van der Waals surface area contributed by atoms with Crippen LogP contribution < -0.4 is 0 Å². The average molecular weight is 282 g/mol. The first-order valence-corrected chi connectivity index (χ1v) is 6.59. The molecule has 0 saturated carbocycles. The minimum atomic E-state index is -0.330. The first kappa shape index (κ1) is 14.1. The molecule has 0 fully saturated rings. The van der Waals surface area contributed by atoms with Crippen LogP contribution in [0.3, 0.4) is 0 Å². The van der Waals surface area contributed by atoms with Gasteiger partial charge in [-0.15, -0.1) is 23.2 Å². The second-order valence-corrected chi connectivity index (χ2v) is 4.66. The largest absolute Gasteiger partial charge is 0.381 e. The standard InChI is InChI=1S/C12H15Cl3O/c1-2-16-9-12(7-13,8-14)10-3-5-11(15)6-4-10/h3-6H,2,7-9H2,1H3. The van der Waals surface area contributed by atoms with Crippen LogP contribution >= 0.6 is 34.8 Å². The summed E-state index contributed by atoms with van der Waals surface area (Å²) in [7, 11) is 0. The fourth-order valence-electron chi connectivity index (χ4n) is 1.45. The Balaban J connectivity index is 2.95. The molecule has 0 bridgehead atoms. The molecule has 0 spiro atoms. The molecule has 0 N–H and O–H groups in total. The quantitative estimate of drug-likeness (QED) is 0.714. The van der Waals surface area contributed by atoms with Gasteiger partial charge in [0.1, 0.15) is 0 Å². The molecular weight excluding hydrogens is 266 g/mol. The lowest BCUT2D eigenvalue weighted by atomic mass is 9.85.